The molecule has 2 atom stereocenters. The van der Waals surface area contributed by atoms with E-state index in [1.165, 1.54) is 17.1 Å². The van der Waals surface area contributed by atoms with Crippen LogP contribution in [0.4, 0.5) is 10.5 Å². The lowest BCUT2D eigenvalue weighted by Gasteiger charge is -2.27. The first kappa shape index (κ1) is 40.7. The van der Waals surface area contributed by atoms with Crippen LogP contribution < -0.4 is 27.0 Å². The number of aliphatic hydroxyl groups excluding tert-OH is 1. The molecule has 0 spiro atoms. The molecule has 0 saturated carbocycles. The maximum atomic E-state index is 13.5. The van der Waals surface area contributed by atoms with E-state index < -0.39 is 65.4 Å². The molecule has 1 heterocycles. The van der Waals surface area contributed by atoms with Crippen molar-refractivity contribution in [2.45, 2.75) is 64.6 Å². The van der Waals surface area contributed by atoms with Crippen LogP contribution in [0.25, 0.3) is 0 Å². The Labute approximate surface area is 300 Å². The molecule has 280 valence electrons. The maximum absolute atomic E-state index is 13.5. The van der Waals surface area contributed by atoms with Gasteiger partial charge in [0, 0.05) is 56.9 Å². The van der Waals surface area contributed by atoms with Gasteiger partial charge in [0.25, 0.3) is 11.8 Å². The summed E-state index contributed by atoms with van der Waals surface area (Å²) in [4.78, 5) is 115. The molecule has 0 aromatic heterocycles. The van der Waals surface area contributed by atoms with Crippen LogP contribution in [0.3, 0.4) is 0 Å². The topological polar surface area (TPSA) is 254 Å². The number of nitrogens with two attached hydrogens (primary N) is 1. The summed E-state index contributed by atoms with van der Waals surface area (Å²) in [5, 5.41) is 19.7. The molecule has 2 aliphatic rings. The van der Waals surface area contributed by atoms with Gasteiger partial charge in [-0.3, -0.25) is 43.3 Å². The van der Waals surface area contributed by atoms with Gasteiger partial charge in [-0.1, -0.05) is 26.0 Å². The second kappa shape index (κ2) is 19.6. The van der Waals surface area contributed by atoms with Gasteiger partial charge >= 0.3 is 6.03 Å². The standard InChI is InChI=1S/C35H45N7O10/c1-21(2)32(34(51)39-25(4-3-16-37-35(36)52)33(50)38-23-7-5-22(20-43)6-8-23)40-28(46)11-12-29(47)41(17-15-24-26(44)9-10-27(24)45)18-19-42-30(48)13-14-31(42)49/h5-10,13-14,21,24-25,32,43H,3-4,11-12,15-20H2,1-2H3,(H,38,50)(H,39,51)(H,40,46)(H3,36,37,52)/t25-,32-/m0/s1. The fourth-order valence-electron chi connectivity index (χ4n) is 5.47. The molecule has 8 amide bonds. The summed E-state index contributed by atoms with van der Waals surface area (Å²) < 4.78 is 0. The smallest absolute Gasteiger partial charge is 0.312 e. The molecule has 7 N–H and O–H groups in total. The Morgan fingerprint density at radius 1 is 0.865 bits per heavy atom. The third-order valence-electron chi connectivity index (χ3n) is 8.47. The van der Waals surface area contributed by atoms with Gasteiger partial charge in [-0.2, -0.15) is 0 Å². The summed E-state index contributed by atoms with van der Waals surface area (Å²) in [5.41, 5.74) is 6.17. The van der Waals surface area contributed by atoms with Crippen molar-refractivity contribution in [1.29, 1.82) is 0 Å². The number of ketones is 2. The van der Waals surface area contributed by atoms with E-state index in [4.69, 9.17) is 5.73 Å². The number of imide groups is 1. The van der Waals surface area contributed by atoms with Gasteiger partial charge in [-0.05, 0) is 55.0 Å². The lowest BCUT2D eigenvalue weighted by Crippen LogP contribution is -2.54. The van der Waals surface area contributed by atoms with Crippen molar-refractivity contribution in [2.24, 2.45) is 17.6 Å². The van der Waals surface area contributed by atoms with E-state index in [-0.39, 0.29) is 76.5 Å². The molecule has 0 fully saturated rings. The molecular weight excluding hydrogens is 678 g/mol. The highest BCUT2D eigenvalue weighted by molar-refractivity contribution is 6.18. The normalized spacial score (nSPS) is 15.2. The largest absolute Gasteiger partial charge is 0.392 e. The van der Waals surface area contributed by atoms with Crippen LogP contribution in [-0.2, 0) is 45.0 Å². The molecule has 0 radical (unpaired) electrons. The van der Waals surface area contributed by atoms with Crippen LogP contribution in [0.1, 0.15) is 51.5 Å². The summed E-state index contributed by atoms with van der Waals surface area (Å²) in [6.07, 6.45) is 4.29. The zero-order valence-corrected chi connectivity index (χ0v) is 29.1. The fraction of sp³-hybridized carbons (Fsp3) is 0.457. The first-order valence-corrected chi connectivity index (χ1v) is 16.9. The summed E-state index contributed by atoms with van der Waals surface area (Å²) >= 11 is 0. The van der Waals surface area contributed by atoms with Crippen molar-refractivity contribution >= 4 is 58.7 Å². The monoisotopic (exact) mass is 723 g/mol. The minimum Gasteiger partial charge on any atom is -0.392 e. The molecule has 1 aliphatic carbocycles. The number of benzene rings is 1. The summed E-state index contributed by atoms with van der Waals surface area (Å²) in [7, 11) is 0. The van der Waals surface area contributed by atoms with E-state index in [1.54, 1.807) is 38.1 Å². The van der Waals surface area contributed by atoms with Gasteiger partial charge in [0.2, 0.25) is 23.6 Å². The van der Waals surface area contributed by atoms with Crippen LogP contribution in [0.5, 0.6) is 0 Å². The van der Waals surface area contributed by atoms with E-state index in [9.17, 15) is 48.3 Å². The van der Waals surface area contributed by atoms with Crippen molar-refractivity contribution < 1.29 is 48.3 Å². The third-order valence-corrected chi connectivity index (χ3v) is 8.47. The molecule has 0 bridgehead atoms. The van der Waals surface area contributed by atoms with E-state index >= 15 is 0 Å². The van der Waals surface area contributed by atoms with E-state index in [1.807, 2.05) is 0 Å². The highest BCUT2D eigenvalue weighted by atomic mass is 16.3. The predicted molar refractivity (Wildman–Crippen MR) is 185 cm³/mol. The Bertz CT molecular complexity index is 1520. The van der Waals surface area contributed by atoms with Gasteiger partial charge in [0.15, 0.2) is 11.6 Å². The quantitative estimate of drug-likeness (QED) is 0.0568. The predicted octanol–water partition coefficient (Wildman–Crippen LogP) is -0.560. The summed E-state index contributed by atoms with van der Waals surface area (Å²) in [5.74, 6) is -5.65. The molecule has 17 nitrogen and oxygen atoms in total. The molecule has 52 heavy (non-hydrogen) atoms. The van der Waals surface area contributed by atoms with Crippen molar-refractivity contribution in [2.75, 3.05) is 31.5 Å². The van der Waals surface area contributed by atoms with Crippen LogP contribution in [-0.4, -0.2) is 106 Å². The molecule has 0 saturated heterocycles. The van der Waals surface area contributed by atoms with E-state index in [0.717, 1.165) is 17.1 Å². The first-order chi connectivity index (χ1) is 24.7. The zero-order chi connectivity index (χ0) is 38.4. The minimum absolute atomic E-state index is 0.0135. The van der Waals surface area contributed by atoms with Crippen molar-refractivity contribution in [1.82, 2.24) is 25.8 Å². The van der Waals surface area contributed by atoms with Crippen LogP contribution in [0.15, 0.2) is 48.6 Å². The Morgan fingerprint density at radius 3 is 2.08 bits per heavy atom. The number of nitrogens with zero attached hydrogens (tertiary/aromatic N) is 2. The molecule has 3 rings (SSSR count). The SMILES string of the molecule is CC(C)[C@H](NC(=O)CCC(=O)N(CCC1C(=O)C=CC1=O)CCN1C(=O)C=CC1=O)C(=O)N[C@@H](CCCNC(N)=O)C(=O)Nc1ccc(CO)cc1. The number of hydrogen-bond donors (Lipinski definition) is 6. The van der Waals surface area contributed by atoms with Crippen molar-refractivity contribution in [3.8, 4) is 0 Å². The highest BCUT2D eigenvalue weighted by Gasteiger charge is 2.32. The average molecular weight is 724 g/mol. The number of amides is 8. The molecule has 1 aromatic carbocycles. The number of rotatable bonds is 20. The third kappa shape index (κ3) is 12.3. The molecule has 1 aliphatic heterocycles. The Morgan fingerprint density at radius 2 is 1.50 bits per heavy atom. The minimum atomic E-state index is -1.10. The van der Waals surface area contributed by atoms with Gasteiger partial charge in [-0.25, -0.2) is 4.79 Å². The lowest BCUT2D eigenvalue weighted by atomic mass is 10.0. The van der Waals surface area contributed by atoms with Crippen LogP contribution in [0.2, 0.25) is 0 Å². The number of carbonyl (C=O) groups excluding carboxylic acids is 9. The average Bonchev–Trinajstić information content (AvgIpc) is 3.60. The maximum Gasteiger partial charge on any atom is 0.312 e. The summed E-state index contributed by atoms with van der Waals surface area (Å²) in [6.45, 7) is 3.05. The van der Waals surface area contributed by atoms with Gasteiger partial charge < -0.3 is 37.0 Å². The Balaban J connectivity index is 1.63. The fourth-order valence-corrected chi connectivity index (χ4v) is 5.47. The second-order valence-electron chi connectivity index (χ2n) is 12.6. The van der Waals surface area contributed by atoms with Crippen molar-refractivity contribution in [3.63, 3.8) is 0 Å². The van der Waals surface area contributed by atoms with Crippen LogP contribution in [0, 0.1) is 11.8 Å². The summed E-state index contributed by atoms with van der Waals surface area (Å²) in [6, 6.07) is 3.49. The number of carbonyl (C=O) groups is 9. The van der Waals surface area contributed by atoms with Gasteiger partial charge in [-0.15, -0.1) is 0 Å². The van der Waals surface area contributed by atoms with Crippen molar-refractivity contribution in [3.05, 3.63) is 54.1 Å². The lowest BCUT2D eigenvalue weighted by molar-refractivity contribution is -0.139. The highest BCUT2D eigenvalue weighted by Crippen LogP contribution is 2.17. The zero-order valence-electron chi connectivity index (χ0n) is 29.1. The van der Waals surface area contributed by atoms with Gasteiger partial charge in [0.05, 0.1) is 12.5 Å². The van der Waals surface area contributed by atoms with E-state index in [0.29, 0.717) is 11.3 Å². The Kier molecular flexibility index (Phi) is 15.4. The van der Waals surface area contributed by atoms with E-state index in [2.05, 4.69) is 21.3 Å². The number of anilines is 1. The number of nitrogens with one attached hydrogen (secondary N) is 4. The molecule has 0 unspecified atom stereocenters. The first-order valence-electron chi connectivity index (χ1n) is 16.9. The van der Waals surface area contributed by atoms with Gasteiger partial charge in [0.1, 0.15) is 12.1 Å². The number of primary amides is 1. The number of aliphatic hydroxyl groups is 1. The second-order valence-corrected chi connectivity index (χ2v) is 12.6. The van der Waals surface area contributed by atoms with Crippen LogP contribution >= 0.6 is 0 Å². The number of hydrogen-bond acceptors (Lipinski definition) is 10. The number of allylic oxidation sites excluding steroid dienone is 2. The molecule has 1 aromatic rings. The number of urea groups is 1. The molecular formula is C35H45N7O10. The Hall–Kier alpha value is -5.71. The molecule has 17 heteroatoms.